The second-order valence-corrected chi connectivity index (χ2v) is 8.47. The van der Waals surface area contributed by atoms with E-state index < -0.39 is 5.41 Å². The molecule has 1 saturated heterocycles. The highest BCUT2D eigenvalue weighted by molar-refractivity contribution is 5.85. The van der Waals surface area contributed by atoms with E-state index in [2.05, 4.69) is 28.5 Å². The number of rotatable bonds is 5. The van der Waals surface area contributed by atoms with Gasteiger partial charge in [-0.2, -0.15) is 0 Å². The van der Waals surface area contributed by atoms with E-state index in [1.54, 1.807) is 13.2 Å². The van der Waals surface area contributed by atoms with Crippen molar-refractivity contribution >= 4 is 11.8 Å². The maximum Gasteiger partial charge on any atom is 0.228 e. The summed E-state index contributed by atoms with van der Waals surface area (Å²) < 4.78 is 0. The number of nitrogens with one attached hydrogen (secondary N) is 1. The van der Waals surface area contributed by atoms with Crippen molar-refractivity contribution in [1.82, 2.24) is 15.2 Å². The number of hydrogen-bond acceptors (Lipinski definition) is 3. The molecular formula is C24H29N3O2. The van der Waals surface area contributed by atoms with Crippen molar-refractivity contribution in [2.24, 2.45) is 11.3 Å². The van der Waals surface area contributed by atoms with Crippen molar-refractivity contribution in [1.29, 1.82) is 0 Å². The first-order valence-electron chi connectivity index (χ1n) is 10.6. The molecule has 2 aliphatic rings. The minimum atomic E-state index is -0.569. The van der Waals surface area contributed by atoms with E-state index >= 15 is 0 Å². The van der Waals surface area contributed by atoms with Gasteiger partial charge in [0.1, 0.15) is 0 Å². The van der Waals surface area contributed by atoms with Gasteiger partial charge in [-0.05, 0) is 54.9 Å². The van der Waals surface area contributed by atoms with Crippen LogP contribution < -0.4 is 5.32 Å². The van der Waals surface area contributed by atoms with E-state index in [1.807, 2.05) is 29.3 Å². The second-order valence-electron chi connectivity index (χ2n) is 8.47. The Hall–Kier alpha value is -2.69. The molecule has 5 heteroatoms. The van der Waals surface area contributed by atoms with Gasteiger partial charge in [-0.3, -0.25) is 14.6 Å². The number of pyridine rings is 1. The Morgan fingerprint density at radius 1 is 1.17 bits per heavy atom. The lowest BCUT2D eigenvalue weighted by atomic mass is 9.73. The van der Waals surface area contributed by atoms with E-state index in [0.29, 0.717) is 13.0 Å². The quantitative estimate of drug-likeness (QED) is 0.849. The number of carbonyl (C=O) groups excluding carboxylic acids is 2. The fourth-order valence-corrected chi connectivity index (χ4v) is 4.69. The second kappa shape index (κ2) is 8.36. The first kappa shape index (κ1) is 19.6. The molecule has 1 saturated carbocycles. The van der Waals surface area contributed by atoms with E-state index in [4.69, 9.17) is 0 Å². The third-order valence-electron chi connectivity index (χ3n) is 6.52. The van der Waals surface area contributed by atoms with Crippen molar-refractivity contribution in [2.75, 3.05) is 20.1 Å². The van der Waals surface area contributed by atoms with Crippen molar-refractivity contribution < 1.29 is 9.59 Å². The number of piperidine rings is 1. The van der Waals surface area contributed by atoms with Gasteiger partial charge in [-0.15, -0.1) is 0 Å². The Kier molecular flexibility index (Phi) is 5.65. The molecule has 152 valence electrons. The molecule has 1 aromatic carbocycles. The van der Waals surface area contributed by atoms with Gasteiger partial charge in [-0.1, -0.05) is 36.8 Å². The molecule has 29 heavy (non-hydrogen) atoms. The van der Waals surface area contributed by atoms with Crippen molar-refractivity contribution in [3.63, 3.8) is 0 Å². The smallest absolute Gasteiger partial charge is 0.228 e. The van der Waals surface area contributed by atoms with Gasteiger partial charge in [0, 0.05) is 38.4 Å². The Morgan fingerprint density at radius 2 is 2.00 bits per heavy atom. The predicted molar refractivity (Wildman–Crippen MR) is 113 cm³/mol. The molecule has 4 rings (SSSR count). The van der Waals surface area contributed by atoms with Crippen LogP contribution in [-0.4, -0.2) is 41.8 Å². The van der Waals surface area contributed by atoms with Crippen LogP contribution in [0.5, 0.6) is 0 Å². The molecule has 0 spiro atoms. The molecule has 2 fully saturated rings. The summed E-state index contributed by atoms with van der Waals surface area (Å²) in [6, 6.07) is 12.3. The van der Waals surface area contributed by atoms with E-state index in [9.17, 15) is 9.59 Å². The Balaban J connectivity index is 1.59. The lowest BCUT2D eigenvalue weighted by Crippen LogP contribution is -2.55. The van der Waals surface area contributed by atoms with Crippen molar-refractivity contribution in [3.8, 4) is 11.1 Å². The van der Waals surface area contributed by atoms with Gasteiger partial charge in [0.05, 0.1) is 5.41 Å². The van der Waals surface area contributed by atoms with Gasteiger partial charge in [-0.25, -0.2) is 0 Å². The van der Waals surface area contributed by atoms with Crippen molar-refractivity contribution in [3.05, 3.63) is 54.4 Å². The summed E-state index contributed by atoms with van der Waals surface area (Å²) in [5, 5.41) is 2.87. The number of aromatic nitrogens is 1. The summed E-state index contributed by atoms with van der Waals surface area (Å²) in [5.41, 5.74) is 2.71. The molecule has 1 aliphatic heterocycles. The molecule has 0 unspecified atom stereocenters. The van der Waals surface area contributed by atoms with E-state index in [1.165, 1.54) is 0 Å². The fourth-order valence-electron chi connectivity index (χ4n) is 4.69. The zero-order valence-corrected chi connectivity index (χ0v) is 17.1. The molecule has 2 heterocycles. The standard InChI is InChI=1S/C24H29N3O2/c1-25-23(29)24(11-5-13-27(17-24)22(28)19-7-3-8-19)15-18-6-2-9-20(14-18)21-10-4-12-26-16-21/h2,4,6,9-10,12,14,16,19H,3,5,7-8,11,13,15,17H2,1H3,(H,25,29)/t24-/m1/s1. The van der Waals surface area contributed by atoms with Gasteiger partial charge < -0.3 is 10.2 Å². The zero-order chi connectivity index (χ0) is 20.3. The molecule has 0 bridgehead atoms. The highest BCUT2D eigenvalue weighted by Gasteiger charge is 2.44. The highest BCUT2D eigenvalue weighted by atomic mass is 16.2. The largest absolute Gasteiger partial charge is 0.359 e. The minimum absolute atomic E-state index is 0.0374. The molecule has 1 atom stereocenters. The molecule has 1 aliphatic carbocycles. The maximum absolute atomic E-state index is 13.0. The molecule has 0 radical (unpaired) electrons. The van der Waals surface area contributed by atoms with Crippen LogP contribution in [0.2, 0.25) is 0 Å². The molecule has 1 aromatic heterocycles. The van der Waals surface area contributed by atoms with Crippen LogP contribution in [0.1, 0.15) is 37.7 Å². The van der Waals surface area contributed by atoms with Crippen LogP contribution in [0.3, 0.4) is 0 Å². The Labute approximate surface area is 172 Å². The topological polar surface area (TPSA) is 62.3 Å². The normalized spacial score (nSPS) is 22.0. The first-order valence-corrected chi connectivity index (χ1v) is 10.6. The summed E-state index contributed by atoms with van der Waals surface area (Å²) >= 11 is 0. The molecule has 2 amide bonds. The van der Waals surface area contributed by atoms with Crippen LogP contribution >= 0.6 is 0 Å². The zero-order valence-electron chi connectivity index (χ0n) is 17.1. The molecular weight excluding hydrogens is 362 g/mol. The lowest BCUT2D eigenvalue weighted by Gasteiger charge is -2.43. The number of amides is 2. The summed E-state index contributed by atoms with van der Waals surface area (Å²) in [5.74, 6) is 0.452. The number of likely N-dealkylation sites (tertiary alicyclic amines) is 1. The van der Waals surface area contributed by atoms with Crippen LogP contribution in [0.25, 0.3) is 11.1 Å². The number of carbonyl (C=O) groups is 2. The van der Waals surface area contributed by atoms with Gasteiger partial charge in [0.15, 0.2) is 0 Å². The van der Waals surface area contributed by atoms with Crippen molar-refractivity contribution in [2.45, 2.75) is 38.5 Å². The Morgan fingerprint density at radius 3 is 2.69 bits per heavy atom. The summed E-state index contributed by atoms with van der Waals surface area (Å²) in [6.45, 7) is 1.28. The van der Waals surface area contributed by atoms with Crippen LogP contribution in [0, 0.1) is 11.3 Å². The SMILES string of the molecule is CNC(=O)[C@@]1(Cc2cccc(-c3cccnc3)c2)CCCN(C(=O)C2CCC2)C1. The van der Waals surface area contributed by atoms with E-state index in [-0.39, 0.29) is 17.7 Å². The number of hydrogen-bond donors (Lipinski definition) is 1. The molecule has 5 nitrogen and oxygen atoms in total. The van der Waals surface area contributed by atoms with Gasteiger partial charge >= 0.3 is 0 Å². The van der Waals surface area contributed by atoms with E-state index in [0.717, 1.165) is 55.3 Å². The summed E-state index contributed by atoms with van der Waals surface area (Å²) in [6.07, 6.45) is 9.06. The van der Waals surface area contributed by atoms with Gasteiger partial charge in [0.25, 0.3) is 0 Å². The van der Waals surface area contributed by atoms with Crippen LogP contribution in [-0.2, 0) is 16.0 Å². The van der Waals surface area contributed by atoms with Crippen LogP contribution in [0.15, 0.2) is 48.8 Å². The number of benzene rings is 1. The Bertz CT molecular complexity index is 879. The molecule has 1 N–H and O–H groups in total. The summed E-state index contributed by atoms with van der Waals surface area (Å²) in [4.78, 5) is 32.0. The minimum Gasteiger partial charge on any atom is -0.359 e. The monoisotopic (exact) mass is 391 g/mol. The van der Waals surface area contributed by atoms with Gasteiger partial charge in [0.2, 0.25) is 11.8 Å². The highest BCUT2D eigenvalue weighted by Crippen LogP contribution is 2.37. The average Bonchev–Trinajstić information content (AvgIpc) is 2.73. The third-order valence-corrected chi connectivity index (χ3v) is 6.52. The summed E-state index contributed by atoms with van der Waals surface area (Å²) in [7, 11) is 1.70. The maximum atomic E-state index is 13.0. The first-order chi connectivity index (χ1) is 14.1. The third kappa shape index (κ3) is 4.04. The lowest BCUT2D eigenvalue weighted by molar-refractivity contribution is -0.146. The average molecular weight is 392 g/mol. The fraction of sp³-hybridized carbons (Fsp3) is 0.458. The molecule has 2 aromatic rings. The van der Waals surface area contributed by atoms with Crippen LogP contribution in [0.4, 0.5) is 0 Å². The number of nitrogens with zero attached hydrogens (tertiary/aromatic N) is 2. The predicted octanol–water partition coefficient (Wildman–Crippen LogP) is 3.45.